The maximum Gasteiger partial charge on any atom is 0.226 e. The number of carbonyl (C=O) groups is 2. The van der Waals surface area contributed by atoms with Crippen molar-refractivity contribution in [2.45, 2.75) is 78.7 Å². The molecule has 3 aliphatic rings. The monoisotopic (exact) mass is 550 g/mol. The first-order chi connectivity index (χ1) is 17.9. The number of aliphatic hydroxyl groups excluding tert-OH is 2. The van der Waals surface area contributed by atoms with Crippen LogP contribution >= 0.6 is 11.3 Å². The van der Waals surface area contributed by atoms with E-state index in [2.05, 4.69) is 22.5 Å². The first-order valence-electron chi connectivity index (χ1n) is 14.0. The second-order valence-corrected chi connectivity index (χ2v) is 14.2. The molecule has 2 heterocycles. The number of fused-ring (bicyclic) bond motifs is 2. The van der Waals surface area contributed by atoms with Gasteiger partial charge in [0.1, 0.15) is 0 Å². The van der Waals surface area contributed by atoms with Crippen LogP contribution in [0.1, 0.15) is 76.8 Å². The third-order valence-corrected chi connectivity index (χ3v) is 10.1. The molecule has 1 aliphatic heterocycles. The maximum absolute atomic E-state index is 13.3. The van der Waals surface area contributed by atoms with E-state index in [0.29, 0.717) is 37.4 Å². The summed E-state index contributed by atoms with van der Waals surface area (Å²) in [5.41, 5.74) is -0.231. The highest BCUT2D eigenvalue weighted by atomic mass is 32.1. The average molecular weight is 551 g/mol. The van der Waals surface area contributed by atoms with E-state index in [1.54, 1.807) is 0 Å². The smallest absolute Gasteiger partial charge is 0.226 e. The highest BCUT2D eigenvalue weighted by molar-refractivity contribution is 7.15. The highest BCUT2D eigenvalue weighted by Gasteiger charge is 2.59. The quantitative estimate of drug-likeness (QED) is 0.392. The molecule has 38 heavy (non-hydrogen) atoms. The number of aromatic nitrogens is 1. The van der Waals surface area contributed by atoms with E-state index in [1.807, 2.05) is 27.7 Å². The predicted octanol–water partition coefficient (Wildman–Crippen LogP) is 2.77. The predicted molar refractivity (Wildman–Crippen MR) is 148 cm³/mol. The number of thiazole rings is 1. The van der Waals surface area contributed by atoms with Gasteiger partial charge in [0.05, 0.1) is 31.6 Å². The van der Waals surface area contributed by atoms with Crippen LogP contribution in [0.15, 0.2) is 0 Å². The van der Waals surface area contributed by atoms with Crippen LogP contribution in [0.25, 0.3) is 0 Å². The van der Waals surface area contributed by atoms with Gasteiger partial charge >= 0.3 is 0 Å². The Hall–Kier alpha value is -1.59. The zero-order chi connectivity index (χ0) is 27.7. The Balaban J connectivity index is 1.56. The molecule has 1 saturated heterocycles. The van der Waals surface area contributed by atoms with E-state index < -0.39 is 11.5 Å². The minimum Gasteiger partial charge on any atom is -0.396 e. The summed E-state index contributed by atoms with van der Waals surface area (Å²) in [6.45, 7) is 14.7. The van der Waals surface area contributed by atoms with Gasteiger partial charge in [-0.1, -0.05) is 34.6 Å². The summed E-state index contributed by atoms with van der Waals surface area (Å²) in [7, 11) is 0. The Morgan fingerprint density at radius 1 is 1.21 bits per heavy atom. The van der Waals surface area contributed by atoms with Crippen LogP contribution in [-0.2, 0) is 20.7 Å². The first-order valence-corrected chi connectivity index (χ1v) is 14.8. The third kappa shape index (κ3) is 6.25. The standard InChI is InChI=1S/C28H46N4O5S/c1-26(2,3)16-23(36)30-25-31-24-18(14-22(35)29-8-9-32-10-12-37-13-11-32)27(4)7-6-21(34)28(5,17-33)20(27)15-19(24)38-25/h18,20-21,33-34H,6-17H2,1-5H3,(H,29,35)(H,30,31,36)/t18?,20?,21?,27-,28-/m0/s1. The van der Waals surface area contributed by atoms with Crippen molar-refractivity contribution < 1.29 is 24.5 Å². The fraction of sp³-hybridized carbons (Fsp3) is 0.821. The van der Waals surface area contributed by atoms with Crippen molar-refractivity contribution in [1.82, 2.24) is 15.2 Å². The molecule has 2 aliphatic carbocycles. The number of amides is 2. The number of ether oxygens (including phenoxy) is 1. The molecule has 3 unspecified atom stereocenters. The van der Waals surface area contributed by atoms with Gasteiger partial charge < -0.3 is 25.6 Å². The molecule has 0 radical (unpaired) electrons. The van der Waals surface area contributed by atoms with Gasteiger partial charge in [-0.2, -0.15) is 0 Å². The van der Waals surface area contributed by atoms with E-state index in [9.17, 15) is 19.8 Å². The number of morpholine rings is 1. The molecule has 5 atom stereocenters. The number of nitrogens with one attached hydrogen (secondary N) is 2. The van der Waals surface area contributed by atoms with Crippen LogP contribution in [0, 0.1) is 22.2 Å². The van der Waals surface area contributed by atoms with Gasteiger partial charge in [-0.3, -0.25) is 14.5 Å². The molecule has 1 aromatic rings. The average Bonchev–Trinajstić information content (AvgIpc) is 3.24. The number of aliphatic hydroxyl groups is 2. The van der Waals surface area contributed by atoms with Crippen LogP contribution in [0.4, 0.5) is 5.13 Å². The largest absolute Gasteiger partial charge is 0.396 e. The number of carbonyl (C=O) groups excluding carboxylic acids is 2. The zero-order valence-electron chi connectivity index (χ0n) is 23.6. The van der Waals surface area contributed by atoms with Crippen molar-refractivity contribution in [3.63, 3.8) is 0 Å². The Kier molecular flexibility index (Phi) is 8.89. The summed E-state index contributed by atoms with van der Waals surface area (Å²) in [5.74, 6) is -0.261. The number of rotatable bonds is 8. The fourth-order valence-electron chi connectivity index (χ4n) is 6.78. The van der Waals surface area contributed by atoms with Gasteiger partial charge in [0, 0.05) is 55.2 Å². The summed E-state index contributed by atoms with van der Waals surface area (Å²) in [6, 6.07) is 0. The van der Waals surface area contributed by atoms with Crippen molar-refractivity contribution in [1.29, 1.82) is 0 Å². The molecule has 4 N–H and O–H groups in total. The van der Waals surface area contributed by atoms with Crippen molar-refractivity contribution >= 4 is 28.3 Å². The molecule has 0 aromatic carbocycles. The molecule has 1 saturated carbocycles. The van der Waals surface area contributed by atoms with Crippen LogP contribution in [-0.4, -0.2) is 84.0 Å². The fourth-order valence-corrected chi connectivity index (χ4v) is 7.86. The van der Waals surface area contributed by atoms with Gasteiger partial charge in [-0.25, -0.2) is 4.98 Å². The molecular formula is C28H46N4O5S. The molecule has 2 fully saturated rings. The van der Waals surface area contributed by atoms with E-state index in [-0.39, 0.29) is 41.1 Å². The molecule has 0 bridgehead atoms. The van der Waals surface area contributed by atoms with E-state index in [4.69, 9.17) is 9.72 Å². The van der Waals surface area contributed by atoms with Crippen molar-refractivity contribution in [2.75, 3.05) is 51.3 Å². The van der Waals surface area contributed by atoms with E-state index in [1.165, 1.54) is 11.3 Å². The van der Waals surface area contributed by atoms with Crippen LogP contribution in [0.5, 0.6) is 0 Å². The number of anilines is 1. The Labute approximate surface area is 230 Å². The van der Waals surface area contributed by atoms with Crippen LogP contribution in [0.3, 0.4) is 0 Å². The second kappa shape index (κ2) is 11.5. The summed E-state index contributed by atoms with van der Waals surface area (Å²) < 4.78 is 5.41. The maximum atomic E-state index is 13.3. The highest BCUT2D eigenvalue weighted by Crippen LogP contribution is 2.62. The summed E-state index contributed by atoms with van der Waals surface area (Å²) in [5, 5.41) is 28.1. The molecule has 214 valence electrons. The molecular weight excluding hydrogens is 504 g/mol. The number of hydrogen-bond donors (Lipinski definition) is 4. The van der Waals surface area contributed by atoms with Crippen molar-refractivity contribution in [3.8, 4) is 0 Å². The van der Waals surface area contributed by atoms with Gasteiger partial charge in [-0.05, 0) is 36.0 Å². The lowest BCUT2D eigenvalue weighted by atomic mass is 9.47. The van der Waals surface area contributed by atoms with Gasteiger partial charge in [-0.15, -0.1) is 11.3 Å². The lowest BCUT2D eigenvalue weighted by Crippen LogP contribution is -2.57. The molecule has 9 nitrogen and oxygen atoms in total. The third-order valence-electron chi connectivity index (χ3n) is 9.07. The Morgan fingerprint density at radius 3 is 2.58 bits per heavy atom. The minimum absolute atomic E-state index is 0.0130. The normalized spacial score (nSPS) is 31.8. The van der Waals surface area contributed by atoms with Crippen molar-refractivity contribution in [2.24, 2.45) is 22.2 Å². The lowest BCUT2D eigenvalue weighted by molar-refractivity contribution is -0.144. The van der Waals surface area contributed by atoms with Crippen molar-refractivity contribution in [3.05, 3.63) is 10.6 Å². The second-order valence-electron chi connectivity index (χ2n) is 13.2. The van der Waals surface area contributed by atoms with Crippen LogP contribution in [0.2, 0.25) is 0 Å². The molecule has 0 spiro atoms. The zero-order valence-corrected chi connectivity index (χ0v) is 24.5. The summed E-state index contributed by atoms with van der Waals surface area (Å²) in [6.07, 6.45) is 2.08. The molecule has 4 rings (SSSR count). The minimum atomic E-state index is -0.671. The van der Waals surface area contributed by atoms with E-state index >= 15 is 0 Å². The number of hydrogen-bond acceptors (Lipinski definition) is 8. The SMILES string of the molecule is CC(C)(C)CC(=O)Nc1nc2c(s1)CC1[C@@](C)(CCC(O)[C@@]1(C)CO)C2CC(=O)NCCN1CCOCC1. The van der Waals surface area contributed by atoms with Crippen LogP contribution < -0.4 is 10.6 Å². The topological polar surface area (TPSA) is 124 Å². The van der Waals surface area contributed by atoms with Gasteiger partial charge in [0.15, 0.2) is 5.13 Å². The first kappa shape index (κ1) is 29.4. The lowest BCUT2D eigenvalue weighted by Gasteiger charge is -2.58. The Bertz CT molecular complexity index is 1000. The summed E-state index contributed by atoms with van der Waals surface area (Å²) >= 11 is 1.47. The Morgan fingerprint density at radius 2 is 1.92 bits per heavy atom. The van der Waals surface area contributed by atoms with Gasteiger partial charge in [0.25, 0.3) is 0 Å². The molecule has 1 aromatic heterocycles. The molecule has 2 amide bonds. The summed E-state index contributed by atoms with van der Waals surface area (Å²) in [4.78, 5) is 34.2. The van der Waals surface area contributed by atoms with E-state index in [0.717, 1.165) is 49.8 Å². The molecule has 10 heteroatoms. The number of nitrogens with zero attached hydrogens (tertiary/aromatic N) is 2. The van der Waals surface area contributed by atoms with Gasteiger partial charge in [0.2, 0.25) is 11.8 Å².